The largest absolute Gasteiger partial charge is 0.276 e. The molecule has 0 radical (unpaired) electrons. The average molecular weight is 387 g/mol. The molecule has 0 unspecified atom stereocenters. The third-order valence-electron chi connectivity index (χ3n) is 4.68. The van der Waals surface area contributed by atoms with Gasteiger partial charge in [0, 0.05) is 5.56 Å². The van der Waals surface area contributed by atoms with Gasteiger partial charge in [0.2, 0.25) is 0 Å². The Morgan fingerprint density at radius 3 is 2.41 bits per heavy atom. The Bertz CT molecular complexity index is 1100. The minimum Gasteiger partial charge on any atom is -0.276 e. The Morgan fingerprint density at radius 1 is 1.04 bits per heavy atom. The molecule has 0 bridgehead atoms. The first-order valence-electron chi connectivity index (χ1n) is 8.56. The number of rotatable bonds is 5. The van der Waals surface area contributed by atoms with E-state index in [4.69, 9.17) is 0 Å². The molecular formula is C20H22FN3O2S. The van der Waals surface area contributed by atoms with Crippen LogP contribution in [-0.4, -0.2) is 18.2 Å². The molecule has 0 atom stereocenters. The second-order valence-corrected chi connectivity index (χ2v) is 8.33. The van der Waals surface area contributed by atoms with Crippen molar-refractivity contribution in [3.8, 4) is 0 Å². The van der Waals surface area contributed by atoms with Crippen molar-refractivity contribution in [2.75, 3.05) is 4.72 Å². The zero-order valence-corrected chi connectivity index (χ0v) is 16.6. The lowest BCUT2D eigenvalue weighted by atomic mass is 10.1. The summed E-state index contributed by atoms with van der Waals surface area (Å²) < 4.78 is 43.7. The van der Waals surface area contributed by atoms with Crippen LogP contribution in [0.4, 0.5) is 10.1 Å². The highest BCUT2D eigenvalue weighted by molar-refractivity contribution is 7.92. The lowest BCUT2D eigenvalue weighted by Gasteiger charge is -2.11. The molecule has 27 heavy (non-hydrogen) atoms. The van der Waals surface area contributed by atoms with Crippen LogP contribution in [0.1, 0.15) is 28.1 Å². The molecule has 2 aromatic carbocycles. The van der Waals surface area contributed by atoms with Gasteiger partial charge in [-0.2, -0.15) is 5.10 Å². The van der Waals surface area contributed by atoms with Crippen molar-refractivity contribution in [3.05, 3.63) is 76.4 Å². The Kier molecular flexibility index (Phi) is 5.06. The van der Waals surface area contributed by atoms with E-state index in [1.54, 1.807) is 54.9 Å². The van der Waals surface area contributed by atoms with Crippen LogP contribution in [-0.2, 0) is 16.6 Å². The number of hydrogen-bond acceptors (Lipinski definition) is 3. The summed E-state index contributed by atoms with van der Waals surface area (Å²) in [6.07, 6.45) is 0. The topological polar surface area (TPSA) is 64.0 Å². The van der Waals surface area contributed by atoms with Crippen LogP contribution in [0, 0.1) is 33.5 Å². The summed E-state index contributed by atoms with van der Waals surface area (Å²) in [4.78, 5) is 0.200. The maximum Gasteiger partial charge on any atom is 0.262 e. The highest BCUT2D eigenvalue weighted by Crippen LogP contribution is 2.25. The fraction of sp³-hybridized carbons (Fsp3) is 0.250. The molecule has 0 aliphatic carbocycles. The molecule has 1 N–H and O–H groups in total. The normalized spacial score (nSPS) is 11.6. The van der Waals surface area contributed by atoms with Gasteiger partial charge in [0.15, 0.2) is 0 Å². The summed E-state index contributed by atoms with van der Waals surface area (Å²) in [6, 6.07) is 11.5. The number of aryl methyl sites for hydroxylation is 3. The van der Waals surface area contributed by atoms with Crippen molar-refractivity contribution < 1.29 is 12.8 Å². The van der Waals surface area contributed by atoms with E-state index in [1.807, 2.05) is 13.8 Å². The molecule has 1 aromatic heterocycles. The van der Waals surface area contributed by atoms with E-state index in [2.05, 4.69) is 9.82 Å². The fourth-order valence-corrected chi connectivity index (χ4v) is 4.12. The van der Waals surface area contributed by atoms with E-state index >= 15 is 0 Å². The first-order chi connectivity index (χ1) is 12.7. The SMILES string of the molecule is Cc1ccc(S(=O)(=O)Nc2c(C)nn(Cc3ccccc3F)c2C)cc1C. The third kappa shape index (κ3) is 3.88. The number of benzene rings is 2. The van der Waals surface area contributed by atoms with E-state index in [-0.39, 0.29) is 17.3 Å². The van der Waals surface area contributed by atoms with Crippen LogP contribution in [0.5, 0.6) is 0 Å². The molecule has 0 saturated carbocycles. The van der Waals surface area contributed by atoms with Crippen LogP contribution >= 0.6 is 0 Å². The quantitative estimate of drug-likeness (QED) is 0.717. The molecule has 7 heteroatoms. The van der Waals surface area contributed by atoms with Crippen LogP contribution in [0.3, 0.4) is 0 Å². The van der Waals surface area contributed by atoms with Crippen molar-refractivity contribution in [1.29, 1.82) is 0 Å². The number of sulfonamides is 1. The molecule has 5 nitrogen and oxygen atoms in total. The van der Waals surface area contributed by atoms with Crippen molar-refractivity contribution in [2.24, 2.45) is 0 Å². The van der Waals surface area contributed by atoms with Gasteiger partial charge < -0.3 is 0 Å². The predicted octanol–water partition coefficient (Wildman–Crippen LogP) is 4.10. The van der Waals surface area contributed by atoms with Gasteiger partial charge in [0.05, 0.1) is 28.5 Å². The summed E-state index contributed by atoms with van der Waals surface area (Å²) in [5, 5.41) is 4.38. The highest BCUT2D eigenvalue weighted by Gasteiger charge is 2.20. The van der Waals surface area contributed by atoms with E-state index in [1.165, 1.54) is 6.07 Å². The summed E-state index contributed by atoms with van der Waals surface area (Å²) >= 11 is 0. The van der Waals surface area contributed by atoms with Crippen LogP contribution in [0.15, 0.2) is 47.4 Å². The molecule has 3 aromatic rings. The van der Waals surface area contributed by atoms with E-state index in [0.29, 0.717) is 22.6 Å². The lowest BCUT2D eigenvalue weighted by Crippen LogP contribution is -2.14. The first-order valence-corrected chi connectivity index (χ1v) is 10.0. The van der Waals surface area contributed by atoms with Crippen molar-refractivity contribution in [1.82, 2.24) is 9.78 Å². The molecule has 0 amide bonds. The van der Waals surface area contributed by atoms with Gasteiger partial charge in [0.1, 0.15) is 5.82 Å². The minimum absolute atomic E-state index is 0.200. The predicted molar refractivity (Wildman–Crippen MR) is 104 cm³/mol. The fourth-order valence-electron chi connectivity index (χ4n) is 2.86. The van der Waals surface area contributed by atoms with Gasteiger partial charge in [-0.15, -0.1) is 0 Å². The number of anilines is 1. The Morgan fingerprint density at radius 2 is 1.74 bits per heavy atom. The minimum atomic E-state index is -3.74. The number of hydrogen-bond donors (Lipinski definition) is 1. The lowest BCUT2D eigenvalue weighted by molar-refractivity contribution is 0.579. The molecule has 1 heterocycles. The van der Waals surface area contributed by atoms with Crippen LogP contribution < -0.4 is 4.72 Å². The van der Waals surface area contributed by atoms with Gasteiger partial charge in [-0.25, -0.2) is 12.8 Å². The van der Waals surface area contributed by atoms with Gasteiger partial charge in [-0.05, 0) is 57.0 Å². The second kappa shape index (κ2) is 7.15. The van der Waals surface area contributed by atoms with Crippen LogP contribution in [0.25, 0.3) is 0 Å². The zero-order chi connectivity index (χ0) is 19.8. The molecule has 0 saturated heterocycles. The summed E-state index contributed by atoms with van der Waals surface area (Å²) in [5.74, 6) is -0.317. The Hall–Kier alpha value is -2.67. The van der Waals surface area contributed by atoms with E-state index in [9.17, 15) is 12.8 Å². The molecule has 0 aliphatic rings. The standard InChI is InChI=1S/C20H22FN3O2S/c1-13-9-10-18(11-14(13)2)27(25,26)23-20-15(3)22-24(16(20)4)12-17-7-5-6-8-19(17)21/h5-11,23H,12H2,1-4H3. The molecular weight excluding hydrogens is 365 g/mol. The summed E-state index contributed by atoms with van der Waals surface area (Å²) in [6.45, 7) is 7.52. The molecule has 3 rings (SSSR count). The Labute approximate surface area is 158 Å². The summed E-state index contributed by atoms with van der Waals surface area (Å²) in [7, 11) is -3.74. The van der Waals surface area contributed by atoms with Gasteiger partial charge in [-0.1, -0.05) is 24.3 Å². The van der Waals surface area contributed by atoms with E-state index in [0.717, 1.165) is 11.1 Å². The Balaban J connectivity index is 1.92. The summed E-state index contributed by atoms with van der Waals surface area (Å²) in [5.41, 5.74) is 4.01. The third-order valence-corrected chi connectivity index (χ3v) is 6.03. The van der Waals surface area contributed by atoms with Gasteiger partial charge in [0.25, 0.3) is 10.0 Å². The molecule has 0 aliphatic heterocycles. The van der Waals surface area contributed by atoms with Gasteiger partial charge in [-0.3, -0.25) is 9.40 Å². The number of nitrogens with zero attached hydrogens (tertiary/aromatic N) is 2. The zero-order valence-electron chi connectivity index (χ0n) is 15.7. The maximum absolute atomic E-state index is 13.9. The highest BCUT2D eigenvalue weighted by atomic mass is 32.2. The average Bonchev–Trinajstić information content (AvgIpc) is 2.86. The second-order valence-electron chi connectivity index (χ2n) is 6.65. The molecule has 0 spiro atoms. The number of nitrogens with one attached hydrogen (secondary N) is 1. The van der Waals surface area contributed by atoms with Crippen LogP contribution in [0.2, 0.25) is 0 Å². The van der Waals surface area contributed by atoms with Gasteiger partial charge >= 0.3 is 0 Å². The van der Waals surface area contributed by atoms with E-state index < -0.39 is 10.0 Å². The molecule has 0 fully saturated rings. The van der Waals surface area contributed by atoms with Crippen molar-refractivity contribution in [3.63, 3.8) is 0 Å². The maximum atomic E-state index is 13.9. The first kappa shape index (κ1) is 19.1. The number of halogens is 1. The smallest absolute Gasteiger partial charge is 0.262 e. The van der Waals surface area contributed by atoms with Crippen molar-refractivity contribution >= 4 is 15.7 Å². The van der Waals surface area contributed by atoms with Crippen molar-refractivity contribution in [2.45, 2.75) is 39.1 Å². The molecule has 142 valence electrons. The monoisotopic (exact) mass is 387 g/mol. The number of aromatic nitrogens is 2.